The molecule has 0 aliphatic rings. The molecule has 0 aliphatic heterocycles. The summed E-state index contributed by atoms with van der Waals surface area (Å²) in [6.45, 7) is 1.93. The van der Waals surface area contributed by atoms with Gasteiger partial charge in [-0.3, -0.25) is 5.32 Å². The van der Waals surface area contributed by atoms with Crippen molar-refractivity contribution < 1.29 is 13.9 Å². The molecule has 0 spiro atoms. The van der Waals surface area contributed by atoms with Crippen molar-refractivity contribution in [2.75, 3.05) is 30.9 Å². The van der Waals surface area contributed by atoms with Crippen LogP contribution in [0.25, 0.3) is 0 Å². The number of nitrogens with two attached hydrogens (primary N) is 1. The lowest BCUT2D eigenvalue weighted by atomic mass is 9.97. The minimum Gasteiger partial charge on any atom is -0.450 e. The molecule has 1 amide bonds. The van der Waals surface area contributed by atoms with Crippen molar-refractivity contribution in [1.29, 1.82) is 0 Å². The monoisotopic (exact) mass is 331 g/mol. The lowest BCUT2D eigenvalue weighted by Gasteiger charge is -2.22. The fraction of sp³-hybridized carbons (Fsp3) is 0.278. The fourth-order valence-electron chi connectivity index (χ4n) is 2.40. The second-order valence-corrected chi connectivity index (χ2v) is 5.52. The Hall–Kier alpha value is -2.60. The molecule has 2 rings (SSSR count). The number of carbonyl (C=O) groups is 1. The molecule has 1 atom stereocenters. The molecule has 1 unspecified atom stereocenters. The molecule has 0 saturated carbocycles. The predicted molar refractivity (Wildman–Crippen MR) is 93.8 cm³/mol. The molecule has 0 aliphatic carbocycles. The Bertz CT molecular complexity index is 705. The van der Waals surface area contributed by atoms with Gasteiger partial charge in [-0.2, -0.15) is 0 Å². The summed E-state index contributed by atoms with van der Waals surface area (Å²) in [7, 11) is 3.49. The number of nitrogens with one attached hydrogen (secondary N) is 1. The van der Waals surface area contributed by atoms with Crippen molar-refractivity contribution in [3.63, 3.8) is 0 Å². The van der Waals surface area contributed by atoms with E-state index < -0.39 is 18.0 Å². The van der Waals surface area contributed by atoms with E-state index in [1.54, 1.807) is 32.0 Å². The first-order valence-corrected chi connectivity index (χ1v) is 7.69. The van der Waals surface area contributed by atoms with Crippen LogP contribution in [0.1, 0.15) is 24.1 Å². The van der Waals surface area contributed by atoms with Gasteiger partial charge in [0.25, 0.3) is 0 Å². The molecule has 0 aromatic heterocycles. The van der Waals surface area contributed by atoms with Gasteiger partial charge in [-0.05, 0) is 24.1 Å². The van der Waals surface area contributed by atoms with E-state index in [0.29, 0.717) is 16.9 Å². The molecule has 6 heteroatoms. The van der Waals surface area contributed by atoms with Gasteiger partial charge in [-0.25, -0.2) is 9.18 Å². The molecule has 2 aromatic rings. The number of halogens is 1. The first kappa shape index (κ1) is 17.7. The quantitative estimate of drug-likeness (QED) is 0.880. The summed E-state index contributed by atoms with van der Waals surface area (Å²) in [6.07, 6.45) is -0.643. The summed E-state index contributed by atoms with van der Waals surface area (Å²) < 4.78 is 19.2. The van der Waals surface area contributed by atoms with Crippen molar-refractivity contribution in [1.82, 2.24) is 0 Å². The Morgan fingerprint density at radius 1 is 1.29 bits per heavy atom. The zero-order chi connectivity index (χ0) is 17.7. The molecular weight excluding hydrogens is 309 g/mol. The molecule has 0 fully saturated rings. The lowest BCUT2D eigenvalue weighted by Crippen LogP contribution is -2.20. The van der Waals surface area contributed by atoms with Gasteiger partial charge in [0.1, 0.15) is 5.82 Å². The van der Waals surface area contributed by atoms with Gasteiger partial charge >= 0.3 is 6.09 Å². The van der Waals surface area contributed by atoms with Gasteiger partial charge in [0, 0.05) is 20.2 Å². The highest BCUT2D eigenvalue weighted by Crippen LogP contribution is 2.32. The molecule has 24 heavy (non-hydrogen) atoms. The molecule has 0 saturated heterocycles. The SMILES string of the molecule is CCOC(=O)Nc1cc(F)c(N(C)C)cc1C(N)c1ccccc1. The summed E-state index contributed by atoms with van der Waals surface area (Å²) in [6, 6.07) is 11.8. The minimum atomic E-state index is -0.643. The third kappa shape index (κ3) is 4.02. The maximum atomic E-state index is 14.3. The first-order valence-electron chi connectivity index (χ1n) is 7.69. The number of hydrogen-bond acceptors (Lipinski definition) is 4. The first-order chi connectivity index (χ1) is 11.4. The van der Waals surface area contributed by atoms with E-state index in [9.17, 15) is 9.18 Å². The molecule has 0 bridgehead atoms. The summed E-state index contributed by atoms with van der Waals surface area (Å²) >= 11 is 0. The van der Waals surface area contributed by atoms with Crippen LogP contribution in [0.15, 0.2) is 42.5 Å². The van der Waals surface area contributed by atoms with E-state index in [-0.39, 0.29) is 6.61 Å². The maximum Gasteiger partial charge on any atom is 0.411 e. The van der Waals surface area contributed by atoms with E-state index >= 15 is 0 Å². The largest absolute Gasteiger partial charge is 0.450 e. The summed E-state index contributed by atoms with van der Waals surface area (Å²) in [5, 5.41) is 2.57. The highest BCUT2D eigenvalue weighted by Gasteiger charge is 2.19. The van der Waals surface area contributed by atoms with Crippen LogP contribution in [0.4, 0.5) is 20.6 Å². The Balaban J connectivity index is 2.48. The van der Waals surface area contributed by atoms with Crippen molar-refractivity contribution in [3.05, 3.63) is 59.4 Å². The van der Waals surface area contributed by atoms with Crippen LogP contribution in [0.3, 0.4) is 0 Å². The highest BCUT2D eigenvalue weighted by molar-refractivity contribution is 5.86. The number of ether oxygens (including phenoxy) is 1. The standard InChI is InChI=1S/C18H22FN3O2/c1-4-24-18(23)21-15-11-14(19)16(22(2)3)10-13(15)17(20)12-8-6-5-7-9-12/h5-11,17H,4,20H2,1-3H3,(H,21,23). The average Bonchev–Trinajstić information content (AvgIpc) is 2.55. The van der Waals surface area contributed by atoms with Gasteiger partial charge in [-0.15, -0.1) is 0 Å². The Morgan fingerprint density at radius 2 is 1.96 bits per heavy atom. The van der Waals surface area contributed by atoms with Crippen LogP contribution in [0.2, 0.25) is 0 Å². The molecule has 0 radical (unpaired) electrons. The number of nitrogens with zero attached hydrogens (tertiary/aromatic N) is 1. The fourth-order valence-corrected chi connectivity index (χ4v) is 2.40. The maximum absolute atomic E-state index is 14.3. The molecule has 3 N–H and O–H groups in total. The third-order valence-corrected chi connectivity index (χ3v) is 3.61. The van der Waals surface area contributed by atoms with Crippen LogP contribution in [0.5, 0.6) is 0 Å². The molecule has 2 aromatic carbocycles. The van der Waals surface area contributed by atoms with Gasteiger partial charge in [0.15, 0.2) is 0 Å². The van der Waals surface area contributed by atoms with Crippen molar-refractivity contribution in [3.8, 4) is 0 Å². The summed E-state index contributed by atoms with van der Waals surface area (Å²) in [5.41, 5.74) is 8.52. The summed E-state index contributed by atoms with van der Waals surface area (Å²) in [5.74, 6) is -0.448. The van der Waals surface area contributed by atoms with Gasteiger partial charge in [0.2, 0.25) is 0 Å². The Kier molecular flexibility index (Phi) is 5.76. The molecule has 128 valence electrons. The third-order valence-electron chi connectivity index (χ3n) is 3.61. The van der Waals surface area contributed by atoms with E-state index in [1.807, 2.05) is 30.3 Å². The van der Waals surface area contributed by atoms with E-state index in [4.69, 9.17) is 10.5 Å². The zero-order valence-corrected chi connectivity index (χ0v) is 14.0. The molecule has 5 nitrogen and oxygen atoms in total. The predicted octanol–water partition coefficient (Wildman–Crippen LogP) is 3.51. The van der Waals surface area contributed by atoms with E-state index in [0.717, 1.165) is 5.56 Å². The minimum absolute atomic E-state index is 0.226. The van der Waals surface area contributed by atoms with Crippen LogP contribution < -0.4 is 16.0 Å². The van der Waals surface area contributed by atoms with Crippen molar-refractivity contribution in [2.24, 2.45) is 5.73 Å². The smallest absolute Gasteiger partial charge is 0.411 e. The topological polar surface area (TPSA) is 67.6 Å². The molecule has 0 heterocycles. The Labute approximate surface area is 141 Å². The van der Waals surface area contributed by atoms with Crippen LogP contribution >= 0.6 is 0 Å². The number of benzene rings is 2. The molecular formula is C18H22FN3O2. The number of hydrogen-bond donors (Lipinski definition) is 2. The van der Waals surface area contributed by atoms with E-state index in [2.05, 4.69) is 5.32 Å². The van der Waals surface area contributed by atoms with Crippen LogP contribution in [-0.2, 0) is 4.74 Å². The Morgan fingerprint density at radius 3 is 2.54 bits per heavy atom. The van der Waals surface area contributed by atoms with Crippen molar-refractivity contribution in [2.45, 2.75) is 13.0 Å². The van der Waals surface area contributed by atoms with Crippen LogP contribution in [0, 0.1) is 5.82 Å². The number of amides is 1. The van der Waals surface area contributed by atoms with Gasteiger partial charge in [-0.1, -0.05) is 30.3 Å². The normalized spacial score (nSPS) is 11.7. The number of rotatable bonds is 5. The zero-order valence-electron chi connectivity index (χ0n) is 14.0. The van der Waals surface area contributed by atoms with Gasteiger partial charge in [0.05, 0.1) is 24.0 Å². The van der Waals surface area contributed by atoms with Crippen molar-refractivity contribution >= 4 is 17.5 Å². The average molecular weight is 331 g/mol. The number of carbonyl (C=O) groups excluding carboxylic acids is 1. The van der Waals surface area contributed by atoms with E-state index in [1.165, 1.54) is 6.07 Å². The number of anilines is 2. The second kappa shape index (κ2) is 7.79. The lowest BCUT2D eigenvalue weighted by molar-refractivity contribution is 0.168. The van der Waals surface area contributed by atoms with Gasteiger partial charge < -0.3 is 15.4 Å². The second-order valence-electron chi connectivity index (χ2n) is 5.52. The van der Waals surface area contributed by atoms with Crippen LogP contribution in [-0.4, -0.2) is 26.8 Å². The summed E-state index contributed by atoms with van der Waals surface area (Å²) in [4.78, 5) is 13.4. The highest BCUT2D eigenvalue weighted by atomic mass is 19.1.